The molecule has 3 aromatic rings. The van der Waals surface area contributed by atoms with Crippen LogP contribution in [-0.4, -0.2) is 9.91 Å². The number of thiazole rings is 1. The van der Waals surface area contributed by atoms with Crippen LogP contribution in [0, 0.1) is 17.0 Å². The molecule has 0 radical (unpaired) electrons. The predicted octanol–water partition coefficient (Wildman–Crippen LogP) is 5.07. The van der Waals surface area contributed by atoms with Gasteiger partial charge in [0.15, 0.2) is 0 Å². The fourth-order valence-corrected chi connectivity index (χ4v) is 3.16. The first kappa shape index (κ1) is 14.0. The van der Waals surface area contributed by atoms with Crippen molar-refractivity contribution in [3.05, 3.63) is 56.0 Å². The zero-order valence-electron chi connectivity index (χ0n) is 10.9. The summed E-state index contributed by atoms with van der Waals surface area (Å²) in [5.74, 6) is 0.717. The highest BCUT2D eigenvalue weighted by Gasteiger charge is 2.19. The third kappa shape index (κ3) is 2.88. The Hall–Kier alpha value is -1.99. The first-order chi connectivity index (χ1) is 10.0. The number of halogens is 1. The van der Waals surface area contributed by atoms with E-state index >= 15 is 0 Å². The van der Waals surface area contributed by atoms with Crippen molar-refractivity contribution in [1.82, 2.24) is 4.98 Å². The lowest BCUT2D eigenvalue weighted by Crippen LogP contribution is -1.93. The fourth-order valence-electron chi connectivity index (χ4n) is 1.94. The van der Waals surface area contributed by atoms with Gasteiger partial charge in [0, 0.05) is 16.6 Å². The van der Waals surface area contributed by atoms with Crippen LogP contribution < -0.4 is 4.74 Å². The number of aromatic nitrogens is 1. The molecule has 2 aromatic carbocycles. The van der Waals surface area contributed by atoms with Gasteiger partial charge in [0.2, 0.25) is 5.75 Å². The third-order valence-electron chi connectivity index (χ3n) is 2.80. The van der Waals surface area contributed by atoms with Crippen LogP contribution in [0.3, 0.4) is 0 Å². The Kier molecular flexibility index (Phi) is 3.60. The minimum Gasteiger partial charge on any atom is -0.450 e. The second-order valence-corrected chi connectivity index (χ2v) is 6.49. The minimum absolute atomic E-state index is 0.0638. The monoisotopic (exact) mass is 364 g/mol. The summed E-state index contributed by atoms with van der Waals surface area (Å²) in [5.41, 5.74) is 0.638. The molecule has 5 nitrogen and oxygen atoms in total. The van der Waals surface area contributed by atoms with Crippen molar-refractivity contribution in [3.8, 4) is 11.5 Å². The second-order valence-electron chi connectivity index (χ2n) is 4.34. The van der Waals surface area contributed by atoms with Gasteiger partial charge in [-0.05, 0) is 25.1 Å². The molecule has 0 fully saturated rings. The Morgan fingerprint density at radius 2 is 2.14 bits per heavy atom. The predicted molar refractivity (Wildman–Crippen MR) is 85.2 cm³/mol. The summed E-state index contributed by atoms with van der Waals surface area (Å²) in [6, 6.07) is 10.3. The standard InChI is InChI=1S/C14H9BrN2O3S/c1-8-16-11-6-13(12(17(18)19)7-14(11)21-8)20-10-4-2-3-9(15)5-10/h2-7H,1H3. The highest BCUT2D eigenvalue weighted by atomic mass is 79.9. The highest BCUT2D eigenvalue weighted by molar-refractivity contribution is 9.10. The summed E-state index contributed by atoms with van der Waals surface area (Å²) in [5, 5.41) is 12.1. The zero-order chi connectivity index (χ0) is 15.0. The molecule has 0 spiro atoms. The largest absolute Gasteiger partial charge is 0.450 e. The van der Waals surface area contributed by atoms with Crippen LogP contribution in [0.25, 0.3) is 10.2 Å². The Balaban J connectivity index is 2.11. The molecule has 1 heterocycles. The van der Waals surface area contributed by atoms with Gasteiger partial charge >= 0.3 is 5.69 Å². The van der Waals surface area contributed by atoms with Crippen LogP contribution >= 0.6 is 27.3 Å². The topological polar surface area (TPSA) is 65.3 Å². The summed E-state index contributed by atoms with van der Waals surface area (Å²) in [4.78, 5) is 15.1. The van der Waals surface area contributed by atoms with Crippen molar-refractivity contribution < 1.29 is 9.66 Å². The number of nitro groups is 1. The Morgan fingerprint density at radius 1 is 1.33 bits per heavy atom. The number of ether oxygens (including phenoxy) is 1. The number of fused-ring (bicyclic) bond motifs is 1. The number of rotatable bonds is 3. The van der Waals surface area contributed by atoms with E-state index < -0.39 is 4.92 Å². The molecule has 0 unspecified atom stereocenters. The molecular weight excluding hydrogens is 356 g/mol. The quantitative estimate of drug-likeness (QED) is 0.480. The van der Waals surface area contributed by atoms with Gasteiger partial charge in [-0.2, -0.15) is 0 Å². The van der Waals surface area contributed by atoms with E-state index in [1.165, 1.54) is 17.4 Å². The molecule has 0 saturated carbocycles. The molecule has 0 bridgehead atoms. The average Bonchev–Trinajstić information content (AvgIpc) is 2.76. The number of nitro benzene ring substituents is 1. The van der Waals surface area contributed by atoms with Gasteiger partial charge in [0.25, 0.3) is 0 Å². The molecular formula is C14H9BrN2O3S. The van der Waals surface area contributed by atoms with Crippen molar-refractivity contribution in [2.45, 2.75) is 6.92 Å². The third-order valence-corrected chi connectivity index (χ3v) is 4.22. The van der Waals surface area contributed by atoms with E-state index in [0.717, 1.165) is 14.2 Å². The zero-order valence-corrected chi connectivity index (χ0v) is 13.3. The number of nitrogens with zero attached hydrogens (tertiary/aromatic N) is 2. The second kappa shape index (κ2) is 5.42. The summed E-state index contributed by atoms with van der Waals surface area (Å²) in [6.45, 7) is 1.87. The molecule has 106 valence electrons. The van der Waals surface area contributed by atoms with Gasteiger partial charge in [-0.1, -0.05) is 22.0 Å². The fraction of sp³-hybridized carbons (Fsp3) is 0.0714. The van der Waals surface area contributed by atoms with Crippen molar-refractivity contribution >= 4 is 43.2 Å². The molecule has 0 N–H and O–H groups in total. The van der Waals surface area contributed by atoms with Crippen molar-refractivity contribution in [1.29, 1.82) is 0 Å². The van der Waals surface area contributed by atoms with E-state index in [4.69, 9.17) is 4.74 Å². The van der Waals surface area contributed by atoms with Gasteiger partial charge in [0.05, 0.1) is 20.1 Å². The lowest BCUT2D eigenvalue weighted by molar-refractivity contribution is -0.385. The summed E-state index contributed by atoms with van der Waals surface area (Å²) in [6.07, 6.45) is 0. The molecule has 0 amide bonds. The van der Waals surface area contributed by atoms with E-state index in [1.54, 1.807) is 24.3 Å². The maximum atomic E-state index is 11.2. The van der Waals surface area contributed by atoms with Crippen LogP contribution in [0.2, 0.25) is 0 Å². The maximum Gasteiger partial charge on any atom is 0.313 e. The van der Waals surface area contributed by atoms with Crippen LogP contribution in [-0.2, 0) is 0 Å². The van der Waals surface area contributed by atoms with E-state index in [9.17, 15) is 10.1 Å². The van der Waals surface area contributed by atoms with Crippen molar-refractivity contribution in [2.75, 3.05) is 0 Å². The Bertz CT molecular complexity index is 847. The molecule has 0 aliphatic rings. The molecule has 21 heavy (non-hydrogen) atoms. The maximum absolute atomic E-state index is 11.2. The Labute approximate surface area is 132 Å². The smallest absolute Gasteiger partial charge is 0.313 e. The highest BCUT2D eigenvalue weighted by Crippen LogP contribution is 2.37. The molecule has 0 atom stereocenters. The molecule has 0 aliphatic heterocycles. The molecule has 1 aromatic heterocycles. The SMILES string of the molecule is Cc1nc2cc(Oc3cccc(Br)c3)c([N+](=O)[O-])cc2s1. The molecule has 3 rings (SSSR count). The van der Waals surface area contributed by atoms with Gasteiger partial charge < -0.3 is 4.74 Å². The van der Waals surface area contributed by atoms with Crippen LogP contribution in [0.1, 0.15) is 5.01 Å². The lowest BCUT2D eigenvalue weighted by atomic mass is 10.2. The van der Waals surface area contributed by atoms with E-state index in [-0.39, 0.29) is 11.4 Å². The summed E-state index contributed by atoms with van der Waals surface area (Å²) >= 11 is 4.76. The van der Waals surface area contributed by atoms with E-state index in [1.807, 2.05) is 13.0 Å². The molecule has 0 aliphatic carbocycles. The minimum atomic E-state index is -0.443. The van der Waals surface area contributed by atoms with E-state index in [2.05, 4.69) is 20.9 Å². The normalized spacial score (nSPS) is 10.8. The van der Waals surface area contributed by atoms with Crippen molar-refractivity contribution in [3.63, 3.8) is 0 Å². The van der Waals surface area contributed by atoms with E-state index in [0.29, 0.717) is 11.3 Å². The van der Waals surface area contributed by atoms with Crippen LogP contribution in [0.15, 0.2) is 40.9 Å². The summed E-state index contributed by atoms with van der Waals surface area (Å²) < 4.78 is 7.28. The lowest BCUT2D eigenvalue weighted by Gasteiger charge is -2.06. The van der Waals surface area contributed by atoms with Crippen molar-refractivity contribution in [2.24, 2.45) is 0 Å². The number of benzene rings is 2. The van der Waals surface area contributed by atoms with Crippen LogP contribution in [0.4, 0.5) is 5.69 Å². The molecule has 7 heteroatoms. The summed E-state index contributed by atoms with van der Waals surface area (Å²) in [7, 11) is 0. The van der Waals surface area contributed by atoms with Gasteiger partial charge in [-0.15, -0.1) is 11.3 Å². The van der Waals surface area contributed by atoms with Gasteiger partial charge in [-0.3, -0.25) is 10.1 Å². The number of aryl methyl sites for hydroxylation is 1. The molecule has 0 saturated heterocycles. The van der Waals surface area contributed by atoms with Gasteiger partial charge in [0.1, 0.15) is 5.75 Å². The van der Waals surface area contributed by atoms with Gasteiger partial charge in [-0.25, -0.2) is 4.98 Å². The number of hydrogen-bond donors (Lipinski definition) is 0. The number of hydrogen-bond acceptors (Lipinski definition) is 5. The average molecular weight is 365 g/mol. The first-order valence-electron chi connectivity index (χ1n) is 6.02. The first-order valence-corrected chi connectivity index (χ1v) is 7.63. The Morgan fingerprint density at radius 3 is 2.86 bits per heavy atom. The van der Waals surface area contributed by atoms with Crippen LogP contribution in [0.5, 0.6) is 11.5 Å².